The van der Waals surface area contributed by atoms with Crippen LogP contribution in [-0.2, 0) is 6.61 Å². The summed E-state index contributed by atoms with van der Waals surface area (Å²) in [6.45, 7) is 2.06. The lowest BCUT2D eigenvalue weighted by Gasteiger charge is -2.25. The third-order valence-corrected chi connectivity index (χ3v) is 3.68. The van der Waals surface area contributed by atoms with Gasteiger partial charge in [0.05, 0.1) is 6.61 Å². The van der Waals surface area contributed by atoms with Gasteiger partial charge in [0.25, 0.3) is 0 Å². The van der Waals surface area contributed by atoms with Crippen molar-refractivity contribution < 1.29 is 9.84 Å². The van der Waals surface area contributed by atoms with Gasteiger partial charge < -0.3 is 15.6 Å². The van der Waals surface area contributed by atoms with Crippen molar-refractivity contribution in [2.45, 2.75) is 32.1 Å². The molecule has 2 aromatic carbocycles. The predicted molar refractivity (Wildman–Crippen MR) is 85.5 cm³/mol. The second-order valence-corrected chi connectivity index (χ2v) is 5.40. The number of ether oxygens (including phenoxy) is 1. The van der Waals surface area contributed by atoms with E-state index in [1.165, 1.54) is 0 Å². The van der Waals surface area contributed by atoms with Gasteiger partial charge in [0.15, 0.2) is 0 Å². The normalized spacial score (nSPS) is 13.7. The molecule has 0 amide bonds. The van der Waals surface area contributed by atoms with Crippen LogP contribution in [0.2, 0.25) is 5.02 Å². The van der Waals surface area contributed by atoms with E-state index >= 15 is 0 Å². The summed E-state index contributed by atoms with van der Waals surface area (Å²) in [4.78, 5) is 0. The highest BCUT2D eigenvalue weighted by molar-refractivity contribution is 6.30. The van der Waals surface area contributed by atoms with Gasteiger partial charge in [0, 0.05) is 11.1 Å². The van der Waals surface area contributed by atoms with Crippen LogP contribution in [0.5, 0.6) is 5.75 Å². The average Bonchev–Trinajstić information content (AvgIpc) is 2.53. The molecule has 0 bridgehead atoms. The molecule has 0 fully saturated rings. The molecule has 0 saturated carbocycles. The number of hydrogen-bond donors (Lipinski definition) is 2. The second-order valence-electron chi connectivity index (χ2n) is 4.96. The van der Waals surface area contributed by atoms with E-state index in [9.17, 15) is 0 Å². The van der Waals surface area contributed by atoms with Crippen molar-refractivity contribution in [3.05, 3.63) is 64.7 Å². The first-order valence-corrected chi connectivity index (χ1v) is 7.39. The zero-order chi connectivity index (χ0) is 15.2. The third-order valence-electron chi connectivity index (χ3n) is 3.43. The van der Waals surface area contributed by atoms with Crippen molar-refractivity contribution >= 4 is 11.6 Å². The first kappa shape index (κ1) is 15.8. The second kappa shape index (κ2) is 7.46. The molecule has 112 valence electrons. The minimum absolute atomic E-state index is 0.0232. The monoisotopic (exact) mass is 305 g/mol. The van der Waals surface area contributed by atoms with Crippen molar-refractivity contribution in [3.8, 4) is 5.75 Å². The third kappa shape index (κ3) is 4.21. The maximum absolute atomic E-state index is 9.07. The van der Waals surface area contributed by atoms with E-state index in [1.807, 2.05) is 55.5 Å². The fourth-order valence-corrected chi connectivity index (χ4v) is 2.22. The molecule has 2 atom stereocenters. The van der Waals surface area contributed by atoms with Gasteiger partial charge in [-0.1, -0.05) is 42.8 Å². The van der Waals surface area contributed by atoms with Crippen molar-refractivity contribution in [3.63, 3.8) is 0 Å². The molecule has 0 spiro atoms. The summed E-state index contributed by atoms with van der Waals surface area (Å²) in [7, 11) is 0. The van der Waals surface area contributed by atoms with Crippen LogP contribution < -0.4 is 10.5 Å². The summed E-state index contributed by atoms with van der Waals surface area (Å²) in [6, 6.07) is 14.8. The summed E-state index contributed by atoms with van der Waals surface area (Å²) in [6.07, 6.45) is 0.578. The fourth-order valence-electron chi connectivity index (χ4n) is 2.09. The highest BCUT2D eigenvalue weighted by atomic mass is 35.5. The molecule has 0 aliphatic heterocycles. The van der Waals surface area contributed by atoms with Gasteiger partial charge in [-0.15, -0.1) is 0 Å². The minimum atomic E-state index is -0.229. The van der Waals surface area contributed by atoms with Crippen LogP contribution in [0.3, 0.4) is 0 Å². The molecule has 2 unspecified atom stereocenters. The number of aliphatic hydroxyl groups is 1. The summed E-state index contributed by atoms with van der Waals surface area (Å²) in [5.41, 5.74) is 8.05. The zero-order valence-electron chi connectivity index (χ0n) is 12.0. The van der Waals surface area contributed by atoms with Crippen LogP contribution in [0.25, 0.3) is 0 Å². The SMILES string of the molecule is CCC(N)C(Oc1ccc(CO)cc1)c1ccc(Cl)cc1. The van der Waals surface area contributed by atoms with Crippen LogP contribution >= 0.6 is 11.6 Å². The molecule has 0 aliphatic rings. The molecule has 0 radical (unpaired) electrons. The maximum atomic E-state index is 9.07. The molecule has 2 rings (SSSR count). The predicted octanol–water partition coefficient (Wildman–Crippen LogP) is 3.69. The average molecular weight is 306 g/mol. The molecule has 4 heteroatoms. The molecule has 21 heavy (non-hydrogen) atoms. The first-order chi connectivity index (χ1) is 10.1. The number of aliphatic hydroxyl groups excluding tert-OH is 1. The standard InChI is InChI=1S/C17H20ClNO2/c1-2-16(19)17(13-5-7-14(18)8-6-13)21-15-9-3-12(11-20)4-10-15/h3-10,16-17,20H,2,11,19H2,1H3. The van der Waals surface area contributed by atoms with Gasteiger partial charge in [0.1, 0.15) is 11.9 Å². The van der Waals surface area contributed by atoms with E-state index in [4.69, 9.17) is 27.2 Å². The molecule has 3 N–H and O–H groups in total. The van der Waals surface area contributed by atoms with Crippen molar-refractivity contribution in [1.82, 2.24) is 0 Å². The quantitative estimate of drug-likeness (QED) is 0.856. The fraction of sp³-hybridized carbons (Fsp3) is 0.294. The highest BCUT2D eigenvalue weighted by Gasteiger charge is 2.20. The highest BCUT2D eigenvalue weighted by Crippen LogP contribution is 2.26. The Morgan fingerprint density at radius 2 is 1.71 bits per heavy atom. The van der Waals surface area contributed by atoms with Gasteiger partial charge in [-0.05, 0) is 41.8 Å². The van der Waals surface area contributed by atoms with Gasteiger partial charge in [0.2, 0.25) is 0 Å². The van der Waals surface area contributed by atoms with Crippen LogP contribution in [-0.4, -0.2) is 11.1 Å². The summed E-state index contributed by atoms with van der Waals surface area (Å²) in [5, 5.41) is 9.76. The van der Waals surface area contributed by atoms with Crippen LogP contribution in [0.4, 0.5) is 0 Å². The number of rotatable bonds is 6. The van der Waals surface area contributed by atoms with Gasteiger partial charge in [-0.3, -0.25) is 0 Å². The topological polar surface area (TPSA) is 55.5 Å². The Hall–Kier alpha value is -1.55. The molecular formula is C17H20ClNO2. The maximum Gasteiger partial charge on any atom is 0.139 e. The van der Waals surface area contributed by atoms with Crippen LogP contribution in [0.1, 0.15) is 30.6 Å². The van der Waals surface area contributed by atoms with Crippen molar-refractivity contribution in [2.75, 3.05) is 0 Å². The Morgan fingerprint density at radius 3 is 2.24 bits per heavy atom. The zero-order valence-corrected chi connectivity index (χ0v) is 12.8. The molecule has 3 nitrogen and oxygen atoms in total. The van der Waals surface area contributed by atoms with E-state index in [1.54, 1.807) is 0 Å². The summed E-state index contributed by atoms with van der Waals surface area (Å²) < 4.78 is 6.04. The van der Waals surface area contributed by atoms with Gasteiger partial charge >= 0.3 is 0 Å². The number of benzene rings is 2. The van der Waals surface area contributed by atoms with Crippen molar-refractivity contribution in [1.29, 1.82) is 0 Å². The van der Waals surface area contributed by atoms with E-state index in [2.05, 4.69) is 0 Å². The smallest absolute Gasteiger partial charge is 0.139 e. The largest absolute Gasteiger partial charge is 0.484 e. The minimum Gasteiger partial charge on any atom is -0.484 e. The summed E-state index contributed by atoms with van der Waals surface area (Å²) >= 11 is 5.93. The van der Waals surface area contributed by atoms with E-state index in [0.717, 1.165) is 23.3 Å². The molecule has 0 aliphatic carbocycles. The molecule has 0 aromatic heterocycles. The van der Waals surface area contributed by atoms with Gasteiger partial charge in [-0.2, -0.15) is 0 Å². The van der Waals surface area contributed by atoms with E-state index in [0.29, 0.717) is 5.02 Å². The Morgan fingerprint density at radius 1 is 1.10 bits per heavy atom. The Balaban J connectivity index is 2.21. The lowest BCUT2D eigenvalue weighted by Crippen LogP contribution is -2.31. The van der Waals surface area contributed by atoms with Crippen molar-refractivity contribution in [2.24, 2.45) is 5.73 Å². The number of hydrogen-bond acceptors (Lipinski definition) is 3. The molecule has 0 heterocycles. The number of halogens is 1. The Kier molecular flexibility index (Phi) is 5.62. The lowest BCUT2D eigenvalue weighted by atomic mass is 10.0. The first-order valence-electron chi connectivity index (χ1n) is 7.01. The van der Waals surface area contributed by atoms with Crippen LogP contribution in [0.15, 0.2) is 48.5 Å². The lowest BCUT2D eigenvalue weighted by molar-refractivity contribution is 0.171. The van der Waals surface area contributed by atoms with Crippen LogP contribution in [0, 0.1) is 0 Å². The Bertz CT molecular complexity index is 554. The summed E-state index contributed by atoms with van der Waals surface area (Å²) in [5.74, 6) is 0.732. The van der Waals surface area contributed by atoms with E-state index in [-0.39, 0.29) is 18.8 Å². The van der Waals surface area contributed by atoms with E-state index < -0.39 is 0 Å². The molecular weight excluding hydrogens is 286 g/mol. The number of nitrogens with two attached hydrogens (primary N) is 1. The van der Waals surface area contributed by atoms with Gasteiger partial charge in [-0.25, -0.2) is 0 Å². The Labute approximate surface area is 130 Å². The molecule has 2 aromatic rings. The molecule has 0 saturated heterocycles.